The van der Waals surface area contributed by atoms with Crippen LogP contribution in [-0.4, -0.2) is 24.7 Å². The van der Waals surface area contributed by atoms with Gasteiger partial charge >= 0.3 is 5.97 Å². The molecule has 1 aromatic rings. The summed E-state index contributed by atoms with van der Waals surface area (Å²) in [5.41, 5.74) is 0.0639. The lowest BCUT2D eigenvalue weighted by molar-refractivity contribution is -0.0368. The maximum absolute atomic E-state index is 12.3. The van der Waals surface area contributed by atoms with Crippen molar-refractivity contribution in [2.75, 3.05) is 13.1 Å². The summed E-state index contributed by atoms with van der Waals surface area (Å²) in [6.45, 7) is 5.95. The van der Waals surface area contributed by atoms with Crippen molar-refractivity contribution in [3.05, 3.63) is 33.3 Å². The minimum absolute atomic E-state index is 0.300. The average Bonchev–Trinajstić information content (AvgIpc) is 2.42. The summed E-state index contributed by atoms with van der Waals surface area (Å²) in [6.07, 6.45) is 2.06. The molecule has 0 aliphatic carbocycles. The second kappa shape index (κ2) is 6.46. The van der Waals surface area contributed by atoms with Gasteiger partial charge in [0.1, 0.15) is 5.60 Å². The number of hydrogen-bond donors (Lipinski definition) is 1. The number of carbonyl (C=O) groups excluding carboxylic acids is 1. The molecule has 20 heavy (non-hydrogen) atoms. The van der Waals surface area contributed by atoms with Crippen LogP contribution in [0, 0.1) is 5.92 Å². The monoisotopic (exact) mass is 359 g/mol. The van der Waals surface area contributed by atoms with Gasteiger partial charge in [-0.3, -0.25) is 0 Å². The van der Waals surface area contributed by atoms with Crippen LogP contribution in [0.1, 0.15) is 37.0 Å². The largest absolute Gasteiger partial charge is 0.456 e. The van der Waals surface area contributed by atoms with Crippen molar-refractivity contribution in [2.45, 2.75) is 32.3 Å². The second-order valence-electron chi connectivity index (χ2n) is 5.65. The van der Waals surface area contributed by atoms with Gasteiger partial charge in [-0.2, -0.15) is 0 Å². The highest BCUT2D eigenvalue weighted by molar-refractivity contribution is 9.10. The maximum Gasteiger partial charge on any atom is 0.338 e. The molecule has 1 saturated heterocycles. The van der Waals surface area contributed by atoms with E-state index >= 15 is 0 Å². The van der Waals surface area contributed by atoms with E-state index in [1.807, 2.05) is 13.8 Å². The van der Waals surface area contributed by atoms with Crippen molar-refractivity contribution < 1.29 is 9.53 Å². The van der Waals surface area contributed by atoms with Crippen LogP contribution >= 0.6 is 27.5 Å². The maximum atomic E-state index is 12.3. The highest BCUT2D eigenvalue weighted by atomic mass is 79.9. The Hall–Kier alpha value is -0.580. The van der Waals surface area contributed by atoms with Crippen molar-refractivity contribution in [2.24, 2.45) is 5.92 Å². The number of halogens is 2. The first-order chi connectivity index (χ1) is 9.40. The quantitative estimate of drug-likeness (QED) is 0.827. The molecule has 2 rings (SSSR count). The number of esters is 1. The van der Waals surface area contributed by atoms with E-state index in [2.05, 4.69) is 21.2 Å². The molecule has 0 spiro atoms. The summed E-state index contributed by atoms with van der Waals surface area (Å²) in [7, 11) is 0. The fourth-order valence-corrected chi connectivity index (χ4v) is 3.02. The van der Waals surface area contributed by atoms with Gasteiger partial charge in [0.2, 0.25) is 0 Å². The molecule has 0 aromatic heterocycles. The molecule has 1 aliphatic heterocycles. The summed E-state index contributed by atoms with van der Waals surface area (Å²) < 4.78 is 6.43. The first kappa shape index (κ1) is 15.8. The molecule has 0 atom stereocenters. The molecular formula is C15H19BrClNO2. The van der Waals surface area contributed by atoms with Crippen LogP contribution in [0.3, 0.4) is 0 Å². The molecule has 1 fully saturated rings. The van der Waals surface area contributed by atoms with E-state index in [4.69, 9.17) is 16.3 Å². The predicted octanol–water partition coefficient (Wildman–Crippen LogP) is 4.04. The smallest absolute Gasteiger partial charge is 0.338 e. The minimum Gasteiger partial charge on any atom is -0.456 e. The second-order valence-corrected chi connectivity index (χ2v) is 6.91. The van der Waals surface area contributed by atoms with E-state index in [1.54, 1.807) is 18.2 Å². The van der Waals surface area contributed by atoms with Crippen molar-refractivity contribution >= 4 is 33.5 Å². The summed E-state index contributed by atoms with van der Waals surface area (Å²) in [5.74, 6) is 0.0920. The van der Waals surface area contributed by atoms with E-state index in [-0.39, 0.29) is 5.97 Å². The Labute approximate surface area is 133 Å². The lowest BCUT2D eigenvalue weighted by atomic mass is 9.83. The summed E-state index contributed by atoms with van der Waals surface area (Å²) >= 11 is 9.26. The molecule has 0 saturated carbocycles. The number of piperidine rings is 1. The van der Waals surface area contributed by atoms with Crippen molar-refractivity contribution in [3.8, 4) is 0 Å². The molecule has 110 valence electrons. The zero-order valence-corrected chi connectivity index (χ0v) is 14.1. The number of ether oxygens (including phenoxy) is 1. The van der Waals surface area contributed by atoms with Crippen LogP contribution in [-0.2, 0) is 4.74 Å². The van der Waals surface area contributed by atoms with Gasteiger partial charge in [0.25, 0.3) is 0 Å². The molecule has 0 bridgehead atoms. The van der Waals surface area contributed by atoms with Gasteiger partial charge < -0.3 is 10.1 Å². The molecule has 5 heteroatoms. The van der Waals surface area contributed by atoms with E-state index < -0.39 is 5.60 Å². The van der Waals surface area contributed by atoms with Crippen molar-refractivity contribution in [1.82, 2.24) is 5.32 Å². The van der Waals surface area contributed by atoms with E-state index in [0.717, 1.165) is 25.9 Å². The minimum atomic E-state index is -0.453. The fourth-order valence-electron chi connectivity index (χ4n) is 2.52. The topological polar surface area (TPSA) is 38.3 Å². The van der Waals surface area contributed by atoms with Crippen LogP contribution in [0.4, 0.5) is 0 Å². The first-order valence-corrected chi connectivity index (χ1v) is 7.96. The summed E-state index contributed by atoms with van der Waals surface area (Å²) in [5, 5.41) is 3.91. The third-order valence-corrected chi connectivity index (χ3v) is 5.05. The highest BCUT2D eigenvalue weighted by Crippen LogP contribution is 2.30. The Bertz CT molecular complexity index is 499. The highest BCUT2D eigenvalue weighted by Gasteiger charge is 2.34. The third kappa shape index (κ3) is 3.74. The van der Waals surface area contributed by atoms with Gasteiger partial charge in [-0.15, -0.1) is 0 Å². The Kier molecular flexibility index (Phi) is 5.10. The van der Waals surface area contributed by atoms with Crippen LogP contribution < -0.4 is 5.32 Å². The molecule has 1 N–H and O–H groups in total. The Morgan fingerprint density at radius 1 is 1.40 bits per heavy atom. The van der Waals surface area contributed by atoms with Crippen LogP contribution in [0.25, 0.3) is 0 Å². The molecule has 1 heterocycles. The van der Waals surface area contributed by atoms with Gasteiger partial charge in [-0.05, 0) is 73.9 Å². The van der Waals surface area contributed by atoms with E-state index in [0.29, 0.717) is 21.0 Å². The Balaban J connectivity index is 2.07. The van der Waals surface area contributed by atoms with Crippen LogP contribution in [0.2, 0.25) is 5.02 Å². The Morgan fingerprint density at radius 3 is 2.65 bits per heavy atom. The summed E-state index contributed by atoms with van der Waals surface area (Å²) in [6, 6.07) is 5.08. The molecule has 0 unspecified atom stereocenters. The molecule has 0 radical (unpaired) electrons. The average molecular weight is 361 g/mol. The first-order valence-electron chi connectivity index (χ1n) is 6.79. The van der Waals surface area contributed by atoms with Gasteiger partial charge in [0.05, 0.1) is 10.6 Å². The normalized spacial score (nSPS) is 17.0. The molecular weight excluding hydrogens is 342 g/mol. The van der Waals surface area contributed by atoms with Crippen molar-refractivity contribution in [1.29, 1.82) is 0 Å². The number of benzene rings is 1. The van der Waals surface area contributed by atoms with Gasteiger partial charge in [0.15, 0.2) is 0 Å². The van der Waals surface area contributed by atoms with Gasteiger partial charge in [-0.25, -0.2) is 4.79 Å². The number of hydrogen-bond acceptors (Lipinski definition) is 3. The molecule has 0 amide bonds. The van der Waals surface area contributed by atoms with Gasteiger partial charge in [0, 0.05) is 10.4 Å². The number of carbonyl (C=O) groups is 1. The van der Waals surface area contributed by atoms with Crippen LogP contribution in [0.5, 0.6) is 0 Å². The van der Waals surface area contributed by atoms with Crippen LogP contribution in [0.15, 0.2) is 22.7 Å². The molecule has 1 aliphatic rings. The van der Waals surface area contributed by atoms with E-state index in [1.165, 1.54) is 0 Å². The van der Waals surface area contributed by atoms with E-state index in [9.17, 15) is 4.79 Å². The van der Waals surface area contributed by atoms with Crippen molar-refractivity contribution in [3.63, 3.8) is 0 Å². The van der Waals surface area contributed by atoms with Gasteiger partial charge in [-0.1, -0.05) is 11.6 Å². The molecule has 1 aromatic carbocycles. The fraction of sp³-hybridized carbons (Fsp3) is 0.533. The third-order valence-electron chi connectivity index (χ3n) is 3.83. The lowest BCUT2D eigenvalue weighted by Crippen LogP contribution is -2.42. The molecule has 3 nitrogen and oxygen atoms in total. The SMILES string of the molecule is CC(C)(OC(=O)c1ccc(Cl)c(Br)c1)C1CCNCC1. The number of rotatable bonds is 3. The predicted molar refractivity (Wildman–Crippen MR) is 84.2 cm³/mol. The summed E-state index contributed by atoms with van der Waals surface area (Å²) in [4.78, 5) is 12.3. The standard InChI is InChI=1S/C15H19BrClNO2/c1-15(2,11-5-7-18-8-6-11)20-14(19)10-3-4-13(17)12(16)9-10/h3-4,9,11,18H,5-8H2,1-2H3. The number of nitrogens with one attached hydrogen (secondary N) is 1. The lowest BCUT2D eigenvalue weighted by Gasteiger charge is -2.36. The zero-order valence-electron chi connectivity index (χ0n) is 11.7. The Morgan fingerprint density at radius 2 is 2.05 bits per heavy atom. The zero-order chi connectivity index (χ0) is 14.8.